The van der Waals surface area contributed by atoms with Crippen LogP contribution in [0.5, 0.6) is 5.88 Å². The molecule has 1 aliphatic carbocycles. The monoisotopic (exact) mass is 250 g/mol. The molecule has 1 saturated carbocycles. The summed E-state index contributed by atoms with van der Waals surface area (Å²) in [4.78, 5) is 4.28. The summed E-state index contributed by atoms with van der Waals surface area (Å²) in [6.07, 6.45) is 4.06. The molecule has 0 aromatic carbocycles. The van der Waals surface area contributed by atoms with Gasteiger partial charge in [0, 0.05) is 12.6 Å². The van der Waals surface area contributed by atoms with Gasteiger partial charge in [0.15, 0.2) is 0 Å². The molecule has 0 spiro atoms. The van der Waals surface area contributed by atoms with Crippen LogP contribution in [0, 0.1) is 5.92 Å². The molecule has 1 aliphatic rings. The molecule has 0 amide bonds. The Labute approximate surface area is 108 Å². The minimum atomic E-state index is -0.595. The van der Waals surface area contributed by atoms with Gasteiger partial charge in [0.1, 0.15) is 5.82 Å². The van der Waals surface area contributed by atoms with Crippen molar-refractivity contribution >= 4 is 5.82 Å². The van der Waals surface area contributed by atoms with Gasteiger partial charge in [-0.2, -0.15) is 4.98 Å². The van der Waals surface area contributed by atoms with E-state index in [1.165, 1.54) is 6.42 Å². The standard InChI is InChI=1S/C14H22N2O2/c1-11-5-4-8-14(17,9-11)10-15-12-6-3-7-13(16-12)18-2/h3,6-7,11,17H,4-5,8-10H2,1-2H3,(H,15,16). The summed E-state index contributed by atoms with van der Waals surface area (Å²) in [5, 5.41) is 13.7. The zero-order chi connectivity index (χ0) is 13.0. The number of nitrogens with one attached hydrogen (secondary N) is 1. The zero-order valence-electron chi connectivity index (χ0n) is 11.1. The summed E-state index contributed by atoms with van der Waals surface area (Å²) in [5.74, 6) is 1.94. The third-order valence-corrected chi connectivity index (χ3v) is 3.60. The van der Waals surface area contributed by atoms with Crippen LogP contribution in [0.3, 0.4) is 0 Å². The van der Waals surface area contributed by atoms with Gasteiger partial charge >= 0.3 is 0 Å². The van der Waals surface area contributed by atoms with Gasteiger partial charge in [-0.05, 0) is 24.8 Å². The highest BCUT2D eigenvalue weighted by atomic mass is 16.5. The first-order valence-corrected chi connectivity index (χ1v) is 6.59. The summed E-state index contributed by atoms with van der Waals surface area (Å²) in [6.45, 7) is 2.76. The Balaban J connectivity index is 1.93. The van der Waals surface area contributed by atoms with E-state index in [0.29, 0.717) is 18.3 Å². The minimum absolute atomic E-state index is 0.553. The lowest BCUT2D eigenvalue weighted by molar-refractivity contribution is -0.000834. The van der Waals surface area contributed by atoms with Crippen molar-refractivity contribution in [2.45, 2.75) is 38.2 Å². The number of hydrogen-bond donors (Lipinski definition) is 2. The lowest BCUT2D eigenvalue weighted by atomic mass is 9.79. The summed E-state index contributed by atoms with van der Waals surface area (Å²) in [5.41, 5.74) is -0.595. The first kappa shape index (κ1) is 13.1. The highest BCUT2D eigenvalue weighted by molar-refractivity contribution is 5.37. The first-order chi connectivity index (χ1) is 8.61. The number of aromatic nitrogens is 1. The predicted octanol–water partition coefficient (Wildman–Crippen LogP) is 2.44. The largest absolute Gasteiger partial charge is 0.481 e. The molecule has 4 nitrogen and oxygen atoms in total. The Bertz CT molecular complexity index is 397. The van der Waals surface area contributed by atoms with E-state index in [1.807, 2.05) is 18.2 Å². The van der Waals surface area contributed by atoms with E-state index < -0.39 is 5.60 Å². The van der Waals surface area contributed by atoms with Gasteiger partial charge in [-0.15, -0.1) is 0 Å². The third kappa shape index (κ3) is 3.35. The van der Waals surface area contributed by atoms with E-state index >= 15 is 0 Å². The van der Waals surface area contributed by atoms with Crippen molar-refractivity contribution in [3.8, 4) is 5.88 Å². The number of ether oxygens (including phenoxy) is 1. The van der Waals surface area contributed by atoms with Crippen LogP contribution < -0.4 is 10.1 Å². The SMILES string of the molecule is COc1cccc(NCC2(O)CCCC(C)C2)n1. The Kier molecular flexibility index (Phi) is 4.07. The summed E-state index contributed by atoms with van der Waals surface area (Å²) in [7, 11) is 1.60. The van der Waals surface area contributed by atoms with Crippen LogP contribution in [0.15, 0.2) is 18.2 Å². The maximum absolute atomic E-state index is 10.5. The Morgan fingerprint density at radius 2 is 2.39 bits per heavy atom. The quantitative estimate of drug-likeness (QED) is 0.862. The van der Waals surface area contributed by atoms with E-state index in [2.05, 4.69) is 17.2 Å². The van der Waals surface area contributed by atoms with Crippen LogP contribution in [0.25, 0.3) is 0 Å². The summed E-state index contributed by atoms with van der Waals surface area (Å²) in [6, 6.07) is 5.59. The molecule has 2 N–H and O–H groups in total. The minimum Gasteiger partial charge on any atom is -0.481 e. The second kappa shape index (κ2) is 5.57. The van der Waals surface area contributed by atoms with Crippen LogP contribution in [0.4, 0.5) is 5.82 Å². The Morgan fingerprint density at radius 1 is 1.56 bits per heavy atom. The average Bonchev–Trinajstić information content (AvgIpc) is 2.37. The third-order valence-electron chi connectivity index (χ3n) is 3.60. The number of methoxy groups -OCH3 is 1. The van der Waals surface area contributed by atoms with E-state index in [1.54, 1.807) is 7.11 Å². The highest BCUT2D eigenvalue weighted by Gasteiger charge is 2.32. The van der Waals surface area contributed by atoms with Crippen LogP contribution in [-0.4, -0.2) is 29.3 Å². The molecule has 0 aliphatic heterocycles. The maximum atomic E-state index is 10.5. The number of rotatable bonds is 4. The molecule has 100 valence electrons. The van der Waals surface area contributed by atoms with Gasteiger partial charge in [0.25, 0.3) is 0 Å². The molecular formula is C14H22N2O2. The van der Waals surface area contributed by atoms with Crippen LogP contribution >= 0.6 is 0 Å². The van der Waals surface area contributed by atoms with Crippen LogP contribution in [-0.2, 0) is 0 Å². The average molecular weight is 250 g/mol. The first-order valence-electron chi connectivity index (χ1n) is 6.59. The second-order valence-electron chi connectivity index (χ2n) is 5.34. The molecule has 0 bridgehead atoms. The number of aliphatic hydroxyl groups is 1. The molecule has 18 heavy (non-hydrogen) atoms. The zero-order valence-corrected chi connectivity index (χ0v) is 11.1. The molecule has 0 saturated heterocycles. The van der Waals surface area contributed by atoms with Crippen molar-refractivity contribution in [2.75, 3.05) is 19.0 Å². The number of nitrogens with zero attached hydrogens (tertiary/aromatic N) is 1. The fourth-order valence-electron chi connectivity index (χ4n) is 2.67. The van der Waals surface area contributed by atoms with E-state index in [-0.39, 0.29) is 0 Å². The predicted molar refractivity (Wildman–Crippen MR) is 71.9 cm³/mol. The van der Waals surface area contributed by atoms with Gasteiger partial charge in [0.2, 0.25) is 5.88 Å². The topological polar surface area (TPSA) is 54.4 Å². The van der Waals surface area contributed by atoms with Crippen molar-refractivity contribution in [2.24, 2.45) is 5.92 Å². The Morgan fingerprint density at radius 3 is 3.11 bits per heavy atom. The van der Waals surface area contributed by atoms with Crippen molar-refractivity contribution in [1.82, 2.24) is 4.98 Å². The van der Waals surface area contributed by atoms with E-state index in [4.69, 9.17) is 4.74 Å². The van der Waals surface area contributed by atoms with Gasteiger partial charge < -0.3 is 15.2 Å². The number of pyridine rings is 1. The molecule has 4 heteroatoms. The molecular weight excluding hydrogens is 228 g/mol. The molecule has 2 atom stereocenters. The summed E-state index contributed by atoms with van der Waals surface area (Å²) < 4.78 is 5.08. The van der Waals surface area contributed by atoms with Crippen molar-refractivity contribution < 1.29 is 9.84 Å². The highest BCUT2D eigenvalue weighted by Crippen LogP contribution is 2.32. The molecule has 2 unspecified atom stereocenters. The molecule has 1 heterocycles. The van der Waals surface area contributed by atoms with Crippen LogP contribution in [0.2, 0.25) is 0 Å². The van der Waals surface area contributed by atoms with Crippen LogP contribution in [0.1, 0.15) is 32.6 Å². The number of hydrogen-bond acceptors (Lipinski definition) is 4. The second-order valence-corrected chi connectivity index (χ2v) is 5.34. The van der Waals surface area contributed by atoms with Crippen molar-refractivity contribution in [3.05, 3.63) is 18.2 Å². The molecule has 1 fully saturated rings. The van der Waals surface area contributed by atoms with Crippen molar-refractivity contribution in [1.29, 1.82) is 0 Å². The fourth-order valence-corrected chi connectivity index (χ4v) is 2.67. The maximum Gasteiger partial charge on any atom is 0.214 e. The van der Waals surface area contributed by atoms with Gasteiger partial charge in [-0.1, -0.05) is 25.8 Å². The van der Waals surface area contributed by atoms with E-state index in [0.717, 1.165) is 25.1 Å². The molecule has 1 aromatic rings. The Hall–Kier alpha value is -1.29. The summed E-state index contributed by atoms with van der Waals surface area (Å²) >= 11 is 0. The van der Waals surface area contributed by atoms with E-state index in [9.17, 15) is 5.11 Å². The van der Waals surface area contributed by atoms with Gasteiger partial charge in [0.05, 0.1) is 12.7 Å². The fraction of sp³-hybridized carbons (Fsp3) is 0.643. The number of anilines is 1. The molecule has 0 radical (unpaired) electrons. The molecule has 1 aromatic heterocycles. The van der Waals surface area contributed by atoms with Gasteiger partial charge in [-0.25, -0.2) is 0 Å². The van der Waals surface area contributed by atoms with Crippen molar-refractivity contribution in [3.63, 3.8) is 0 Å². The lowest BCUT2D eigenvalue weighted by Crippen LogP contribution is -2.41. The normalized spacial score (nSPS) is 27.8. The smallest absolute Gasteiger partial charge is 0.214 e. The lowest BCUT2D eigenvalue weighted by Gasteiger charge is -2.35. The molecule has 2 rings (SSSR count). The van der Waals surface area contributed by atoms with Gasteiger partial charge in [-0.3, -0.25) is 0 Å².